The molecular weight excluding hydrogens is 450 g/mol. The van der Waals surface area contributed by atoms with Crippen molar-refractivity contribution >= 4 is 33.4 Å². The summed E-state index contributed by atoms with van der Waals surface area (Å²) in [6, 6.07) is 46.3. The molecule has 0 aliphatic carbocycles. The summed E-state index contributed by atoms with van der Waals surface area (Å²) in [6.45, 7) is 2.59. The summed E-state index contributed by atoms with van der Waals surface area (Å²) in [5, 5.41) is 2.54. The van der Waals surface area contributed by atoms with Crippen LogP contribution in [0.2, 0.25) is 0 Å². The van der Waals surface area contributed by atoms with Gasteiger partial charge in [-0.05, 0) is 42.3 Å². The fourth-order valence-electron chi connectivity index (χ4n) is 4.80. The number of aliphatic imine (C=N–C) groups is 2. The van der Waals surface area contributed by atoms with Gasteiger partial charge in [0.1, 0.15) is 0 Å². The molecule has 6 rings (SSSR count). The third-order valence-corrected chi connectivity index (χ3v) is 6.68. The molecule has 5 aromatic carbocycles. The Labute approximate surface area is 217 Å². The quantitative estimate of drug-likeness (QED) is 0.177. The molecule has 0 aliphatic heterocycles. The van der Waals surface area contributed by atoms with Crippen LogP contribution in [0.3, 0.4) is 0 Å². The maximum Gasteiger partial charge on any atom is 0.155 e. The van der Waals surface area contributed by atoms with Crippen molar-refractivity contribution in [3.05, 3.63) is 150 Å². The van der Waals surface area contributed by atoms with Gasteiger partial charge in [0.2, 0.25) is 0 Å². The average Bonchev–Trinajstić information content (AvgIpc) is 3.31. The summed E-state index contributed by atoms with van der Waals surface area (Å²) < 4.78 is 2.33. The van der Waals surface area contributed by atoms with Gasteiger partial charge in [-0.2, -0.15) is 0 Å². The van der Waals surface area contributed by atoms with Gasteiger partial charge in [-0.25, -0.2) is 4.99 Å². The molecule has 1 aromatic heterocycles. The van der Waals surface area contributed by atoms with Gasteiger partial charge in [0, 0.05) is 27.7 Å². The molecule has 1 heterocycles. The Morgan fingerprint density at radius 1 is 0.568 bits per heavy atom. The van der Waals surface area contributed by atoms with Crippen molar-refractivity contribution in [3.8, 4) is 5.69 Å². The van der Waals surface area contributed by atoms with Crippen LogP contribution in [-0.4, -0.2) is 16.1 Å². The predicted octanol–water partition coefficient (Wildman–Crippen LogP) is 8.24. The Hall–Kier alpha value is -4.76. The van der Waals surface area contributed by atoms with E-state index in [0.717, 1.165) is 33.9 Å². The summed E-state index contributed by atoms with van der Waals surface area (Å²) >= 11 is 0. The first-order valence-corrected chi connectivity index (χ1v) is 12.6. The van der Waals surface area contributed by atoms with Crippen LogP contribution in [0.15, 0.2) is 143 Å². The molecule has 0 saturated carbocycles. The van der Waals surface area contributed by atoms with E-state index in [9.17, 15) is 0 Å². The molecule has 178 valence electrons. The van der Waals surface area contributed by atoms with Gasteiger partial charge in [0.15, 0.2) is 5.84 Å². The number of para-hydroxylation sites is 2. The normalized spacial score (nSPS) is 12.4. The van der Waals surface area contributed by atoms with E-state index < -0.39 is 0 Å². The monoisotopic (exact) mass is 477 g/mol. The zero-order chi connectivity index (χ0) is 25.0. The Morgan fingerprint density at radius 3 is 1.68 bits per heavy atom. The van der Waals surface area contributed by atoms with Crippen molar-refractivity contribution in [2.45, 2.75) is 13.5 Å². The van der Waals surface area contributed by atoms with Crippen LogP contribution in [0, 0.1) is 0 Å². The highest BCUT2D eigenvalue weighted by Gasteiger charge is 2.11. The van der Waals surface area contributed by atoms with E-state index in [1.807, 2.05) is 43.3 Å². The Kier molecular flexibility index (Phi) is 6.18. The molecule has 0 aliphatic rings. The summed E-state index contributed by atoms with van der Waals surface area (Å²) in [7, 11) is 0. The SMILES string of the molecule is CC(=NC(=NCc1ccc(-n2c3ccccc3c3ccccc32)cc1)c1ccccc1)c1ccccc1. The predicted molar refractivity (Wildman–Crippen MR) is 156 cm³/mol. The summed E-state index contributed by atoms with van der Waals surface area (Å²) in [4.78, 5) is 9.87. The minimum absolute atomic E-state index is 0.559. The van der Waals surface area contributed by atoms with E-state index in [1.54, 1.807) is 0 Å². The molecule has 0 unspecified atom stereocenters. The van der Waals surface area contributed by atoms with Gasteiger partial charge >= 0.3 is 0 Å². The molecule has 3 nitrogen and oxygen atoms in total. The van der Waals surface area contributed by atoms with Crippen LogP contribution in [-0.2, 0) is 6.54 Å². The molecular formula is C34H27N3. The molecule has 0 amide bonds. The molecule has 0 fully saturated rings. The third-order valence-electron chi connectivity index (χ3n) is 6.68. The molecule has 0 N–H and O–H groups in total. The lowest BCUT2D eigenvalue weighted by Crippen LogP contribution is -2.04. The lowest BCUT2D eigenvalue weighted by molar-refractivity contribution is 1.05. The second kappa shape index (κ2) is 10.1. The summed E-state index contributed by atoms with van der Waals surface area (Å²) in [6.07, 6.45) is 0. The molecule has 0 spiro atoms. The number of hydrogen-bond donors (Lipinski definition) is 0. The highest BCUT2D eigenvalue weighted by Crippen LogP contribution is 2.31. The summed E-state index contributed by atoms with van der Waals surface area (Å²) in [5.74, 6) is 0.744. The van der Waals surface area contributed by atoms with Gasteiger partial charge in [0.05, 0.1) is 17.6 Å². The van der Waals surface area contributed by atoms with Crippen LogP contribution in [0.5, 0.6) is 0 Å². The van der Waals surface area contributed by atoms with E-state index in [-0.39, 0.29) is 0 Å². The van der Waals surface area contributed by atoms with E-state index in [4.69, 9.17) is 9.98 Å². The second-order valence-corrected chi connectivity index (χ2v) is 9.11. The first kappa shape index (κ1) is 22.7. The molecule has 0 bridgehead atoms. The standard InChI is InChI=1S/C34H27N3/c1-25(27-12-4-2-5-13-27)36-34(28-14-6-3-7-15-28)35-24-26-20-22-29(23-21-26)37-32-18-10-8-16-30(32)31-17-9-11-19-33(31)37/h2-23H,24H2,1H3. The number of nitrogens with zero attached hydrogens (tertiary/aromatic N) is 3. The van der Waals surface area contributed by atoms with Gasteiger partial charge in [-0.15, -0.1) is 0 Å². The van der Waals surface area contributed by atoms with Crippen molar-refractivity contribution in [1.82, 2.24) is 4.57 Å². The average molecular weight is 478 g/mol. The van der Waals surface area contributed by atoms with Gasteiger partial charge < -0.3 is 4.57 Å². The van der Waals surface area contributed by atoms with Crippen LogP contribution in [0.25, 0.3) is 27.5 Å². The minimum Gasteiger partial charge on any atom is -0.309 e. The van der Waals surface area contributed by atoms with Crippen LogP contribution >= 0.6 is 0 Å². The number of hydrogen-bond acceptors (Lipinski definition) is 1. The van der Waals surface area contributed by atoms with Gasteiger partial charge in [-0.3, -0.25) is 4.99 Å². The number of amidine groups is 1. The van der Waals surface area contributed by atoms with Gasteiger partial charge in [-0.1, -0.05) is 109 Å². The smallest absolute Gasteiger partial charge is 0.155 e. The lowest BCUT2D eigenvalue weighted by atomic mass is 10.1. The largest absolute Gasteiger partial charge is 0.309 e. The Bertz CT molecular complexity index is 1670. The fraction of sp³-hybridized carbons (Fsp3) is 0.0588. The van der Waals surface area contributed by atoms with Crippen LogP contribution in [0.4, 0.5) is 0 Å². The highest BCUT2D eigenvalue weighted by atomic mass is 15.0. The zero-order valence-electron chi connectivity index (χ0n) is 20.8. The van der Waals surface area contributed by atoms with Crippen molar-refractivity contribution in [2.24, 2.45) is 9.98 Å². The maximum absolute atomic E-state index is 4.94. The molecule has 3 heteroatoms. The van der Waals surface area contributed by atoms with Gasteiger partial charge in [0.25, 0.3) is 0 Å². The van der Waals surface area contributed by atoms with E-state index >= 15 is 0 Å². The van der Waals surface area contributed by atoms with Crippen molar-refractivity contribution in [2.75, 3.05) is 0 Å². The minimum atomic E-state index is 0.559. The molecule has 0 saturated heterocycles. The van der Waals surface area contributed by atoms with Crippen LogP contribution in [0.1, 0.15) is 23.6 Å². The lowest BCUT2D eigenvalue weighted by Gasteiger charge is -2.09. The Morgan fingerprint density at radius 2 is 1.08 bits per heavy atom. The van der Waals surface area contributed by atoms with E-state index in [2.05, 4.69) is 102 Å². The van der Waals surface area contributed by atoms with Crippen molar-refractivity contribution < 1.29 is 0 Å². The first-order chi connectivity index (χ1) is 18.3. The molecule has 6 aromatic rings. The second-order valence-electron chi connectivity index (χ2n) is 9.11. The molecule has 37 heavy (non-hydrogen) atoms. The Balaban J connectivity index is 1.34. The van der Waals surface area contributed by atoms with Crippen molar-refractivity contribution in [3.63, 3.8) is 0 Å². The van der Waals surface area contributed by atoms with Crippen LogP contribution < -0.4 is 0 Å². The number of rotatable bonds is 5. The highest BCUT2D eigenvalue weighted by molar-refractivity contribution is 6.11. The van der Waals surface area contributed by atoms with E-state index in [1.165, 1.54) is 21.8 Å². The first-order valence-electron chi connectivity index (χ1n) is 12.6. The zero-order valence-corrected chi connectivity index (χ0v) is 20.8. The van der Waals surface area contributed by atoms with Crippen molar-refractivity contribution in [1.29, 1.82) is 0 Å². The molecule has 0 radical (unpaired) electrons. The number of fused-ring (bicyclic) bond motifs is 3. The third kappa shape index (κ3) is 4.60. The fourth-order valence-corrected chi connectivity index (χ4v) is 4.80. The number of aromatic nitrogens is 1. The maximum atomic E-state index is 4.94. The summed E-state index contributed by atoms with van der Waals surface area (Å²) in [5.41, 5.74) is 7.78. The topological polar surface area (TPSA) is 29.6 Å². The van der Waals surface area contributed by atoms with E-state index in [0.29, 0.717) is 6.54 Å². The number of benzene rings is 5. The molecule has 0 atom stereocenters.